The largest absolute Gasteiger partial charge is 0.418 e. The lowest BCUT2D eigenvalue weighted by Gasteiger charge is -2.14. The first-order valence-corrected chi connectivity index (χ1v) is 7.38. The van der Waals surface area contributed by atoms with Gasteiger partial charge in [0.05, 0.1) is 11.3 Å². The molecular formula is C16H17F3N4O. The van der Waals surface area contributed by atoms with Gasteiger partial charge in [-0.3, -0.25) is 4.79 Å². The molecule has 1 atom stereocenters. The van der Waals surface area contributed by atoms with Gasteiger partial charge < -0.3 is 10.6 Å². The van der Waals surface area contributed by atoms with E-state index in [9.17, 15) is 18.0 Å². The van der Waals surface area contributed by atoms with E-state index < -0.39 is 17.6 Å². The highest BCUT2D eigenvalue weighted by Crippen LogP contribution is 2.35. The first kappa shape index (κ1) is 17.7. The summed E-state index contributed by atoms with van der Waals surface area (Å²) in [7, 11) is 0. The molecule has 5 nitrogen and oxygen atoms in total. The normalized spacial score (nSPS) is 12.5. The zero-order chi connectivity index (χ0) is 17.7. The number of para-hydroxylation sites is 1. The maximum absolute atomic E-state index is 13.0. The van der Waals surface area contributed by atoms with Gasteiger partial charge in [-0.2, -0.15) is 13.2 Å². The number of benzene rings is 1. The number of nitrogens with zero attached hydrogens (tertiary/aromatic N) is 2. The molecule has 0 aliphatic rings. The maximum atomic E-state index is 13.0. The van der Waals surface area contributed by atoms with E-state index in [2.05, 4.69) is 20.6 Å². The van der Waals surface area contributed by atoms with Gasteiger partial charge in [-0.05, 0) is 31.5 Å². The van der Waals surface area contributed by atoms with Crippen molar-refractivity contribution in [3.63, 3.8) is 0 Å². The van der Waals surface area contributed by atoms with Crippen molar-refractivity contribution in [3.05, 3.63) is 47.8 Å². The highest BCUT2D eigenvalue weighted by atomic mass is 19.4. The number of aromatic nitrogens is 2. The number of anilines is 2. The molecule has 0 fully saturated rings. The molecule has 0 aliphatic carbocycles. The van der Waals surface area contributed by atoms with Crippen LogP contribution < -0.4 is 10.6 Å². The Bertz CT molecular complexity index is 718. The van der Waals surface area contributed by atoms with Crippen molar-refractivity contribution in [3.8, 4) is 0 Å². The summed E-state index contributed by atoms with van der Waals surface area (Å²) >= 11 is 0. The summed E-state index contributed by atoms with van der Waals surface area (Å²) in [4.78, 5) is 19.9. The molecule has 0 bridgehead atoms. The quantitative estimate of drug-likeness (QED) is 0.871. The third-order valence-electron chi connectivity index (χ3n) is 3.36. The van der Waals surface area contributed by atoms with E-state index in [4.69, 9.17) is 0 Å². The fraction of sp³-hybridized carbons (Fsp3) is 0.312. The summed E-state index contributed by atoms with van der Waals surface area (Å²) < 4.78 is 39.0. The predicted molar refractivity (Wildman–Crippen MR) is 84.0 cm³/mol. The Morgan fingerprint density at radius 2 is 1.96 bits per heavy atom. The van der Waals surface area contributed by atoms with E-state index in [-0.39, 0.29) is 23.4 Å². The number of nitrogens with one attached hydrogen (secondary N) is 2. The average molecular weight is 338 g/mol. The topological polar surface area (TPSA) is 66.9 Å². The van der Waals surface area contributed by atoms with Gasteiger partial charge in [0.1, 0.15) is 5.69 Å². The van der Waals surface area contributed by atoms with Gasteiger partial charge in [0.25, 0.3) is 5.91 Å². The number of alkyl halides is 3. The molecule has 0 saturated carbocycles. The Kier molecular flexibility index (Phi) is 5.38. The lowest BCUT2D eigenvalue weighted by molar-refractivity contribution is -0.136. The van der Waals surface area contributed by atoms with Crippen LogP contribution in [0.2, 0.25) is 0 Å². The molecule has 2 aromatic rings. The fourth-order valence-electron chi connectivity index (χ4n) is 1.90. The van der Waals surface area contributed by atoms with E-state index in [0.717, 1.165) is 12.5 Å². The lowest BCUT2D eigenvalue weighted by Crippen LogP contribution is -2.32. The average Bonchev–Trinajstić information content (AvgIpc) is 2.54. The number of carbonyl (C=O) groups is 1. The minimum Gasteiger partial charge on any atom is -0.348 e. The van der Waals surface area contributed by atoms with Gasteiger partial charge in [-0.1, -0.05) is 19.1 Å². The third-order valence-corrected chi connectivity index (χ3v) is 3.36. The highest BCUT2D eigenvalue weighted by Gasteiger charge is 2.33. The van der Waals surface area contributed by atoms with E-state index in [0.29, 0.717) is 0 Å². The van der Waals surface area contributed by atoms with Crippen LogP contribution in [0.4, 0.5) is 24.8 Å². The molecular weight excluding hydrogens is 321 g/mol. The molecule has 0 aliphatic heterocycles. The smallest absolute Gasteiger partial charge is 0.348 e. The Morgan fingerprint density at radius 3 is 2.62 bits per heavy atom. The molecule has 2 rings (SSSR count). The number of rotatable bonds is 5. The molecule has 1 amide bonds. The molecule has 2 N–H and O–H groups in total. The monoisotopic (exact) mass is 338 g/mol. The van der Waals surface area contributed by atoms with Crippen LogP contribution in [-0.2, 0) is 6.18 Å². The van der Waals surface area contributed by atoms with Crippen LogP contribution in [0.5, 0.6) is 0 Å². The minimum atomic E-state index is -4.50. The summed E-state index contributed by atoms with van der Waals surface area (Å²) in [5, 5.41) is 5.25. The standard InChI is InChI=1S/C16H17F3N4O/c1-3-10(2)21-14(24)13-8-9-20-15(23-13)22-12-7-5-4-6-11(12)16(17,18)19/h4-10H,3H2,1-2H3,(H,21,24)(H,20,22,23). The molecule has 128 valence electrons. The number of hydrogen-bond acceptors (Lipinski definition) is 4. The van der Waals surface area contributed by atoms with Crippen molar-refractivity contribution >= 4 is 17.5 Å². The Morgan fingerprint density at radius 1 is 1.25 bits per heavy atom. The SMILES string of the molecule is CCC(C)NC(=O)c1ccnc(Nc2ccccc2C(F)(F)F)n1. The second-order valence-electron chi connectivity index (χ2n) is 5.22. The maximum Gasteiger partial charge on any atom is 0.418 e. The molecule has 8 heteroatoms. The van der Waals surface area contributed by atoms with E-state index in [1.165, 1.54) is 30.5 Å². The second-order valence-corrected chi connectivity index (χ2v) is 5.22. The summed E-state index contributed by atoms with van der Waals surface area (Å²) in [6.07, 6.45) is -2.44. The van der Waals surface area contributed by atoms with Crippen molar-refractivity contribution in [2.24, 2.45) is 0 Å². The van der Waals surface area contributed by atoms with E-state index in [1.807, 2.05) is 13.8 Å². The zero-order valence-electron chi connectivity index (χ0n) is 13.2. The van der Waals surface area contributed by atoms with Crippen LogP contribution in [0.25, 0.3) is 0 Å². The Hall–Kier alpha value is -2.64. The molecule has 1 aromatic heterocycles. The van der Waals surface area contributed by atoms with Crippen LogP contribution in [-0.4, -0.2) is 21.9 Å². The van der Waals surface area contributed by atoms with Gasteiger partial charge in [-0.25, -0.2) is 9.97 Å². The van der Waals surface area contributed by atoms with Crippen molar-refractivity contribution in [1.82, 2.24) is 15.3 Å². The number of halogens is 3. The first-order chi connectivity index (χ1) is 11.3. The van der Waals surface area contributed by atoms with Gasteiger partial charge in [0.2, 0.25) is 5.95 Å². The minimum absolute atomic E-state index is 0.0326. The summed E-state index contributed by atoms with van der Waals surface area (Å²) in [5.41, 5.74) is -0.926. The van der Waals surface area contributed by atoms with E-state index in [1.54, 1.807) is 0 Å². The van der Waals surface area contributed by atoms with Crippen molar-refractivity contribution < 1.29 is 18.0 Å². The number of hydrogen-bond donors (Lipinski definition) is 2. The van der Waals surface area contributed by atoms with Crippen molar-refractivity contribution in [2.45, 2.75) is 32.5 Å². The fourth-order valence-corrected chi connectivity index (χ4v) is 1.90. The predicted octanol–water partition coefficient (Wildman–Crippen LogP) is 3.77. The second kappa shape index (κ2) is 7.29. The third kappa shape index (κ3) is 4.43. The van der Waals surface area contributed by atoms with Crippen LogP contribution in [0.1, 0.15) is 36.3 Å². The Balaban J connectivity index is 2.23. The molecule has 24 heavy (non-hydrogen) atoms. The van der Waals surface area contributed by atoms with Gasteiger partial charge in [0.15, 0.2) is 0 Å². The number of carbonyl (C=O) groups excluding carboxylic acids is 1. The van der Waals surface area contributed by atoms with Gasteiger partial charge in [0, 0.05) is 12.2 Å². The molecule has 1 unspecified atom stereocenters. The lowest BCUT2D eigenvalue weighted by atomic mass is 10.1. The van der Waals surface area contributed by atoms with Crippen LogP contribution in [0.15, 0.2) is 36.5 Å². The number of amides is 1. The van der Waals surface area contributed by atoms with Gasteiger partial charge in [-0.15, -0.1) is 0 Å². The Labute approximate surface area is 137 Å². The highest BCUT2D eigenvalue weighted by molar-refractivity contribution is 5.92. The molecule has 1 aromatic carbocycles. The van der Waals surface area contributed by atoms with Crippen molar-refractivity contribution in [1.29, 1.82) is 0 Å². The molecule has 0 saturated heterocycles. The van der Waals surface area contributed by atoms with Crippen LogP contribution >= 0.6 is 0 Å². The van der Waals surface area contributed by atoms with Crippen molar-refractivity contribution in [2.75, 3.05) is 5.32 Å². The summed E-state index contributed by atoms with van der Waals surface area (Å²) in [5.74, 6) is -0.484. The molecule has 0 spiro atoms. The summed E-state index contributed by atoms with van der Waals surface area (Å²) in [6.45, 7) is 3.77. The van der Waals surface area contributed by atoms with E-state index >= 15 is 0 Å². The molecule has 0 radical (unpaired) electrons. The molecule has 1 heterocycles. The summed E-state index contributed by atoms with van der Waals surface area (Å²) in [6, 6.07) is 6.37. The van der Waals surface area contributed by atoms with Gasteiger partial charge >= 0.3 is 6.18 Å². The van der Waals surface area contributed by atoms with Crippen LogP contribution in [0.3, 0.4) is 0 Å². The zero-order valence-corrected chi connectivity index (χ0v) is 13.2. The first-order valence-electron chi connectivity index (χ1n) is 7.38. The van der Waals surface area contributed by atoms with Crippen LogP contribution in [0, 0.1) is 0 Å².